The molecule has 1 aromatic heterocycles. The molecule has 0 bridgehead atoms. The summed E-state index contributed by atoms with van der Waals surface area (Å²) in [6.45, 7) is 2.88. The molecule has 3 N–H and O–H groups in total. The van der Waals surface area contributed by atoms with E-state index in [9.17, 15) is 4.79 Å². The molecule has 5 nitrogen and oxygen atoms in total. The topological polar surface area (TPSA) is 72.4 Å². The van der Waals surface area contributed by atoms with E-state index < -0.39 is 0 Å². The third kappa shape index (κ3) is 4.17. The Bertz CT molecular complexity index is 798. The van der Waals surface area contributed by atoms with Gasteiger partial charge in [-0.2, -0.15) is 0 Å². The van der Waals surface area contributed by atoms with Gasteiger partial charge in [-0.3, -0.25) is 4.79 Å². The minimum atomic E-state index is -0.0101. The van der Waals surface area contributed by atoms with Crippen molar-refractivity contribution in [3.8, 4) is 0 Å². The number of aryl methyl sites for hydroxylation is 3. The van der Waals surface area contributed by atoms with Crippen molar-refractivity contribution in [2.75, 3.05) is 5.32 Å². The molecule has 3 rings (SSSR count). The van der Waals surface area contributed by atoms with E-state index >= 15 is 0 Å². The highest BCUT2D eigenvalue weighted by molar-refractivity contribution is 14.0. The van der Waals surface area contributed by atoms with E-state index in [1.807, 2.05) is 19.1 Å². The van der Waals surface area contributed by atoms with Crippen molar-refractivity contribution < 1.29 is 0 Å². The standard InChI is InChI=1S/C18H22N4O.HI/c1-2-22-10-4-7-15(17(22)23)12-20-18(19)21-16-9-8-13-5-3-6-14(13)11-16;/h4,7-11H,2-3,5-6,12H2,1H3,(H3,19,20,21);1H. The number of fused-ring (bicyclic) bond motifs is 1. The zero-order chi connectivity index (χ0) is 16.2. The molecule has 0 aliphatic heterocycles. The zero-order valence-corrected chi connectivity index (χ0v) is 16.1. The maximum atomic E-state index is 12.1. The number of halogens is 1. The van der Waals surface area contributed by atoms with E-state index in [0.717, 1.165) is 18.5 Å². The van der Waals surface area contributed by atoms with E-state index in [-0.39, 0.29) is 36.1 Å². The SMILES string of the molecule is CCn1cccc(CN=C(N)Nc2ccc3c(c2)CCC3)c1=O.I. The van der Waals surface area contributed by atoms with Crippen LogP contribution in [0.1, 0.15) is 30.0 Å². The fraction of sp³-hybridized carbons (Fsp3) is 0.333. The first-order valence-electron chi connectivity index (χ1n) is 8.04. The maximum Gasteiger partial charge on any atom is 0.255 e. The van der Waals surface area contributed by atoms with Crippen molar-refractivity contribution in [2.24, 2.45) is 10.7 Å². The van der Waals surface area contributed by atoms with Gasteiger partial charge >= 0.3 is 0 Å². The smallest absolute Gasteiger partial charge is 0.255 e. The highest BCUT2D eigenvalue weighted by Gasteiger charge is 2.10. The van der Waals surface area contributed by atoms with Crippen LogP contribution in [0, 0.1) is 0 Å². The number of nitrogens with one attached hydrogen (secondary N) is 1. The molecule has 0 radical (unpaired) electrons. The summed E-state index contributed by atoms with van der Waals surface area (Å²) in [6, 6.07) is 9.96. The van der Waals surface area contributed by atoms with Crippen LogP contribution in [-0.4, -0.2) is 10.5 Å². The van der Waals surface area contributed by atoms with E-state index in [4.69, 9.17) is 5.73 Å². The van der Waals surface area contributed by atoms with Crippen molar-refractivity contribution in [3.05, 3.63) is 63.6 Å². The lowest BCUT2D eigenvalue weighted by atomic mass is 10.1. The molecule has 2 aromatic rings. The Hall–Kier alpha value is -1.83. The van der Waals surface area contributed by atoms with Crippen molar-refractivity contribution >= 4 is 35.6 Å². The van der Waals surface area contributed by atoms with E-state index in [1.165, 1.54) is 17.5 Å². The third-order valence-electron chi connectivity index (χ3n) is 4.23. The molecular weight excluding hydrogens is 415 g/mol. The number of hydrogen-bond acceptors (Lipinski definition) is 2. The number of benzene rings is 1. The highest BCUT2D eigenvalue weighted by Crippen LogP contribution is 2.24. The van der Waals surface area contributed by atoms with E-state index in [0.29, 0.717) is 18.1 Å². The van der Waals surface area contributed by atoms with Crippen LogP contribution in [0.25, 0.3) is 0 Å². The Morgan fingerprint density at radius 2 is 2.08 bits per heavy atom. The number of pyridine rings is 1. The number of nitrogens with zero attached hydrogens (tertiary/aromatic N) is 2. The lowest BCUT2D eigenvalue weighted by Crippen LogP contribution is -2.25. The van der Waals surface area contributed by atoms with Gasteiger partial charge in [0.15, 0.2) is 5.96 Å². The second kappa shape index (κ2) is 8.32. The summed E-state index contributed by atoms with van der Waals surface area (Å²) in [5.41, 5.74) is 10.3. The van der Waals surface area contributed by atoms with Crippen LogP contribution in [0.5, 0.6) is 0 Å². The summed E-state index contributed by atoms with van der Waals surface area (Å²) < 4.78 is 1.66. The molecular formula is C18H23IN4O. The molecule has 1 aromatic carbocycles. The molecule has 0 spiro atoms. The van der Waals surface area contributed by atoms with Crippen molar-refractivity contribution in [2.45, 2.75) is 39.3 Å². The minimum Gasteiger partial charge on any atom is -0.370 e. The van der Waals surface area contributed by atoms with Crippen LogP contribution in [0.15, 0.2) is 46.3 Å². The molecule has 0 atom stereocenters. The second-order valence-corrected chi connectivity index (χ2v) is 5.79. The fourth-order valence-corrected chi connectivity index (χ4v) is 2.96. The number of rotatable bonds is 4. The summed E-state index contributed by atoms with van der Waals surface area (Å²) in [6.07, 6.45) is 5.29. The Morgan fingerprint density at radius 1 is 1.29 bits per heavy atom. The first kappa shape index (κ1) is 18.5. The fourth-order valence-electron chi connectivity index (χ4n) is 2.96. The quantitative estimate of drug-likeness (QED) is 0.438. The summed E-state index contributed by atoms with van der Waals surface area (Å²) in [5, 5.41) is 3.11. The molecule has 24 heavy (non-hydrogen) atoms. The summed E-state index contributed by atoms with van der Waals surface area (Å²) in [5.74, 6) is 0.328. The highest BCUT2D eigenvalue weighted by atomic mass is 127. The second-order valence-electron chi connectivity index (χ2n) is 5.79. The van der Waals surface area contributed by atoms with Gasteiger partial charge in [0.25, 0.3) is 5.56 Å². The molecule has 0 amide bonds. The van der Waals surface area contributed by atoms with Gasteiger partial charge < -0.3 is 15.6 Å². The molecule has 0 saturated heterocycles. The van der Waals surface area contributed by atoms with Crippen LogP contribution >= 0.6 is 24.0 Å². The third-order valence-corrected chi connectivity index (χ3v) is 4.23. The predicted octanol–water partition coefficient (Wildman–Crippen LogP) is 2.90. The number of nitrogens with two attached hydrogens (primary N) is 1. The van der Waals surface area contributed by atoms with Gasteiger partial charge in [0.05, 0.1) is 6.54 Å². The zero-order valence-electron chi connectivity index (χ0n) is 13.8. The van der Waals surface area contributed by atoms with E-state index in [1.54, 1.807) is 16.8 Å². The van der Waals surface area contributed by atoms with Crippen molar-refractivity contribution in [1.82, 2.24) is 4.57 Å². The number of hydrogen-bond donors (Lipinski definition) is 2. The van der Waals surface area contributed by atoms with Gasteiger partial charge in [-0.25, -0.2) is 4.99 Å². The Morgan fingerprint density at radius 3 is 2.88 bits per heavy atom. The molecule has 0 saturated carbocycles. The number of aromatic nitrogens is 1. The molecule has 128 valence electrons. The minimum absolute atomic E-state index is 0. The molecule has 0 unspecified atom stereocenters. The largest absolute Gasteiger partial charge is 0.370 e. The van der Waals surface area contributed by atoms with Crippen LogP contribution < -0.4 is 16.6 Å². The van der Waals surface area contributed by atoms with Gasteiger partial charge in [0.2, 0.25) is 0 Å². The predicted molar refractivity (Wildman–Crippen MR) is 109 cm³/mol. The number of anilines is 1. The van der Waals surface area contributed by atoms with Crippen molar-refractivity contribution in [1.29, 1.82) is 0 Å². The summed E-state index contributed by atoms with van der Waals surface area (Å²) >= 11 is 0. The normalized spacial score (nSPS) is 13.3. The van der Waals surface area contributed by atoms with Gasteiger partial charge in [-0.15, -0.1) is 24.0 Å². The monoisotopic (exact) mass is 438 g/mol. The Labute approximate surface area is 159 Å². The maximum absolute atomic E-state index is 12.1. The van der Waals surface area contributed by atoms with Gasteiger partial charge in [0.1, 0.15) is 0 Å². The van der Waals surface area contributed by atoms with Crippen LogP contribution in [0.3, 0.4) is 0 Å². The molecule has 1 heterocycles. The molecule has 1 aliphatic rings. The van der Waals surface area contributed by atoms with Crippen molar-refractivity contribution in [3.63, 3.8) is 0 Å². The first-order chi connectivity index (χ1) is 11.2. The summed E-state index contributed by atoms with van der Waals surface area (Å²) in [7, 11) is 0. The van der Waals surface area contributed by atoms with Gasteiger partial charge in [-0.1, -0.05) is 12.1 Å². The first-order valence-corrected chi connectivity index (χ1v) is 8.04. The number of aliphatic imine (C=N–C) groups is 1. The Kier molecular flexibility index (Phi) is 6.42. The van der Waals surface area contributed by atoms with E-state index in [2.05, 4.69) is 22.4 Å². The van der Waals surface area contributed by atoms with Gasteiger partial charge in [-0.05, 0) is 55.5 Å². The lowest BCUT2D eigenvalue weighted by Gasteiger charge is -2.08. The average Bonchev–Trinajstić information content (AvgIpc) is 3.01. The molecule has 0 fully saturated rings. The number of guanidine groups is 1. The van der Waals surface area contributed by atoms with Crippen LogP contribution in [0.4, 0.5) is 5.69 Å². The summed E-state index contributed by atoms with van der Waals surface area (Å²) in [4.78, 5) is 16.4. The molecule has 1 aliphatic carbocycles. The van der Waals surface area contributed by atoms with Gasteiger partial charge in [0, 0.05) is 24.0 Å². The Balaban J connectivity index is 0.00000208. The molecule has 6 heteroatoms. The van der Waals surface area contributed by atoms with Crippen LogP contribution in [0.2, 0.25) is 0 Å². The lowest BCUT2D eigenvalue weighted by molar-refractivity contribution is 0.714. The van der Waals surface area contributed by atoms with Crippen LogP contribution in [-0.2, 0) is 25.9 Å². The average molecular weight is 438 g/mol.